The molecule has 0 unspecified atom stereocenters. The van der Waals surface area contributed by atoms with Crippen molar-refractivity contribution in [2.75, 3.05) is 5.73 Å². The first-order valence-electron chi connectivity index (χ1n) is 7.45. The second kappa shape index (κ2) is 6.17. The molecule has 3 aromatic rings. The number of aromatic nitrogens is 1. The Hall–Kier alpha value is -3.12. The maximum atomic E-state index is 12.6. The molecule has 0 saturated carbocycles. The van der Waals surface area contributed by atoms with Crippen molar-refractivity contribution in [2.24, 2.45) is 5.73 Å². The Balaban J connectivity index is 1.90. The third-order valence-corrected chi connectivity index (χ3v) is 3.99. The Morgan fingerprint density at radius 3 is 2.62 bits per heavy atom. The standard InChI is InChI=1S/C18H17N3O3/c19-11-5-6-13(18(23)24)14(8-11)17(22)15(20)7-10-9-21-16-4-2-1-3-12(10)16/h1-6,8-9,15,21H,7,19-20H2,(H,23,24)/t15-/m0/s1. The Morgan fingerprint density at radius 2 is 1.88 bits per heavy atom. The van der Waals surface area contributed by atoms with Gasteiger partial charge in [0.1, 0.15) is 0 Å². The molecule has 0 aliphatic carbocycles. The van der Waals surface area contributed by atoms with Crippen molar-refractivity contribution in [3.05, 3.63) is 65.4 Å². The van der Waals surface area contributed by atoms with Gasteiger partial charge in [0.25, 0.3) is 0 Å². The average molecular weight is 323 g/mol. The van der Waals surface area contributed by atoms with Crippen LogP contribution in [-0.4, -0.2) is 27.9 Å². The SMILES string of the molecule is Nc1ccc(C(=O)O)c(C(=O)[C@@H](N)Cc2c[nH]c3ccccc23)c1. The van der Waals surface area contributed by atoms with Crippen molar-refractivity contribution in [3.63, 3.8) is 0 Å². The highest BCUT2D eigenvalue weighted by Gasteiger charge is 2.23. The van der Waals surface area contributed by atoms with Crippen molar-refractivity contribution in [1.29, 1.82) is 0 Å². The fraction of sp³-hybridized carbons (Fsp3) is 0.111. The molecule has 0 spiro atoms. The molecule has 6 heteroatoms. The van der Waals surface area contributed by atoms with Gasteiger partial charge in [0, 0.05) is 28.4 Å². The number of ketones is 1. The maximum absolute atomic E-state index is 12.6. The van der Waals surface area contributed by atoms with E-state index in [0.29, 0.717) is 12.1 Å². The summed E-state index contributed by atoms with van der Waals surface area (Å²) < 4.78 is 0. The number of H-pyrrole nitrogens is 1. The van der Waals surface area contributed by atoms with Crippen LogP contribution in [0.2, 0.25) is 0 Å². The summed E-state index contributed by atoms with van der Waals surface area (Å²) in [5.41, 5.74) is 13.9. The van der Waals surface area contributed by atoms with Crippen LogP contribution in [-0.2, 0) is 6.42 Å². The quantitative estimate of drug-likeness (QED) is 0.423. The van der Waals surface area contributed by atoms with E-state index in [2.05, 4.69) is 4.98 Å². The summed E-state index contributed by atoms with van der Waals surface area (Å²) in [6.07, 6.45) is 2.12. The molecular formula is C18H17N3O3. The number of carboxylic acids is 1. The Morgan fingerprint density at radius 1 is 1.12 bits per heavy atom. The van der Waals surface area contributed by atoms with Gasteiger partial charge in [0.15, 0.2) is 5.78 Å². The van der Waals surface area contributed by atoms with Crippen molar-refractivity contribution in [2.45, 2.75) is 12.5 Å². The predicted octanol–water partition coefficient (Wildman–Crippen LogP) is 2.20. The number of fused-ring (bicyclic) bond motifs is 1. The average Bonchev–Trinajstić information content (AvgIpc) is 2.97. The summed E-state index contributed by atoms with van der Waals surface area (Å²) in [7, 11) is 0. The number of hydrogen-bond donors (Lipinski definition) is 4. The van der Waals surface area contributed by atoms with Crippen LogP contribution in [0.15, 0.2) is 48.7 Å². The fourth-order valence-corrected chi connectivity index (χ4v) is 2.78. The van der Waals surface area contributed by atoms with E-state index in [1.807, 2.05) is 30.5 Å². The van der Waals surface area contributed by atoms with Gasteiger partial charge in [0.05, 0.1) is 11.6 Å². The molecule has 0 amide bonds. The minimum Gasteiger partial charge on any atom is -0.478 e. The van der Waals surface area contributed by atoms with Gasteiger partial charge < -0.3 is 21.6 Å². The van der Waals surface area contributed by atoms with Gasteiger partial charge in [-0.1, -0.05) is 18.2 Å². The lowest BCUT2D eigenvalue weighted by Gasteiger charge is -2.13. The molecule has 2 aromatic carbocycles. The van der Waals surface area contributed by atoms with Crippen LogP contribution in [0.3, 0.4) is 0 Å². The van der Waals surface area contributed by atoms with Crippen LogP contribution < -0.4 is 11.5 Å². The second-order valence-electron chi connectivity index (χ2n) is 5.64. The molecule has 24 heavy (non-hydrogen) atoms. The van der Waals surface area contributed by atoms with Crippen LogP contribution in [0.25, 0.3) is 10.9 Å². The van der Waals surface area contributed by atoms with Crippen LogP contribution >= 0.6 is 0 Å². The first-order chi connectivity index (χ1) is 11.5. The number of nitrogens with two attached hydrogens (primary N) is 2. The molecule has 0 aliphatic heterocycles. The Bertz CT molecular complexity index is 930. The van der Waals surface area contributed by atoms with Crippen LogP contribution in [0.5, 0.6) is 0 Å². The summed E-state index contributed by atoms with van der Waals surface area (Å²) in [5, 5.41) is 10.2. The van der Waals surface area contributed by atoms with E-state index in [1.54, 1.807) is 0 Å². The zero-order valence-corrected chi connectivity index (χ0v) is 12.8. The molecule has 0 bridgehead atoms. The highest BCUT2D eigenvalue weighted by atomic mass is 16.4. The van der Waals surface area contributed by atoms with E-state index < -0.39 is 17.8 Å². The number of carbonyl (C=O) groups excluding carboxylic acids is 1. The summed E-state index contributed by atoms with van der Waals surface area (Å²) in [5.74, 6) is -1.62. The number of nitrogen functional groups attached to an aromatic ring is 1. The van der Waals surface area contributed by atoms with Gasteiger partial charge in [0.2, 0.25) is 0 Å². The zero-order valence-electron chi connectivity index (χ0n) is 12.8. The molecule has 1 atom stereocenters. The lowest BCUT2D eigenvalue weighted by Crippen LogP contribution is -2.33. The van der Waals surface area contributed by atoms with Crippen molar-refractivity contribution >= 4 is 28.3 Å². The molecule has 3 rings (SSSR count). The number of benzene rings is 2. The van der Waals surface area contributed by atoms with Crippen molar-refractivity contribution in [1.82, 2.24) is 4.98 Å². The number of carboxylic acid groups (broad SMARTS) is 1. The van der Waals surface area contributed by atoms with E-state index in [-0.39, 0.29) is 11.1 Å². The maximum Gasteiger partial charge on any atom is 0.336 e. The minimum atomic E-state index is -1.18. The lowest BCUT2D eigenvalue weighted by molar-refractivity contribution is 0.0691. The Kier molecular flexibility index (Phi) is 4.05. The zero-order chi connectivity index (χ0) is 17.3. The number of nitrogens with one attached hydrogen (secondary N) is 1. The molecule has 1 aromatic heterocycles. The third-order valence-electron chi connectivity index (χ3n) is 3.99. The van der Waals surface area contributed by atoms with E-state index in [0.717, 1.165) is 16.5 Å². The number of hydrogen-bond acceptors (Lipinski definition) is 4. The van der Waals surface area contributed by atoms with E-state index in [1.165, 1.54) is 18.2 Å². The van der Waals surface area contributed by atoms with Gasteiger partial charge >= 0.3 is 5.97 Å². The summed E-state index contributed by atoms with van der Waals surface area (Å²) >= 11 is 0. The number of Topliss-reactive ketones (excluding diaryl/α,β-unsaturated/α-hetero) is 1. The van der Waals surface area contributed by atoms with Gasteiger partial charge in [-0.05, 0) is 36.2 Å². The lowest BCUT2D eigenvalue weighted by atomic mass is 9.94. The number of carbonyl (C=O) groups is 2. The van der Waals surface area contributed by atoms with Gasteiger partial charge in [-0.3, -0.25) is 4.79 Å². The van der Waals surface area contributed by atoms with E-state index >= 15 is 0 Å². The number of anilines is 1. The number of rotatable bonds is 5. The van der Waals surface area contributed by atoms with Crippen LogP contribution in [0, 0.1) is 0 Å². The largest absolute Gasteiger partial charge is 0.478 e. The molecular weight excluding hydrogens is 306 g/mol. The molecule has 0 saturated heterocycles. The van der Waals surface area contributed by atoms with E-state index in [4.69, 9.17) is 11.5 Å². The number of aromatic amines is 1. The number of para-hydroxylation sites is 1. The fourth-order valence-electron chi connectivity index (χ4n) is 2.78. The van der Waals surface area contributed by atoms with Crippen molar-refractivity contribution in [3.8, 4) is 0 Å². The molecule has 6 N–H and O–H groups in total. The monoisotopic (exact) mass is 323 g/mol. The smallest absolute Gasteiger partial charge is 0.336 e. The summed E-state index contributed by atoms with van der Waals surface area (Å²) in [6, 6.07) is 11.0. The number of aromatic carboxylic acids is 1. The predicted molar refractivity (Wildman–Crippen MR) is 92.1 cm³/mol. The minimum absolute atomic E-state index is 0.0369. The molecule has 0 aliphatic rings. The van der Waals surface area contributed by atoms with Gasteiger partial charge in [-0.2, -0.15) is 0 Å². The highest BCUT2D eigenvalue weighted by molar-refractivity contribution is 6.09. The first kappa shape index (κ1) is 15.8. The topological polar surface area (TPSA) is 122 Å². The Labute approximate surface area is 138 Å². The summed E-state index contributed by atoms with van der Waals surface area (Å²) in [6.45, 7) is 0. The summed E-state index contributed by atoms with van der Waals surface area (Å²) in [4.78, 5) is 27.1. The molecule has 0 fully saturated rings. The molecule has 1 heterocycles. The van der Waals surface area contributed by atoms with Crippen molar-refractivity contribution < 1.29 is 14.7 Å². The first-order valence-corrected chi connectivity index (χ1v) is 7.45. The third kappa shape index (κ3) is 2.87. The highest BCUT2D eigenvalue weighted by Crippen LogP contribution is 2.21. The van der Waals surface area contributed by atoms with Crippen LogP contribution in [0.4, 0.5) is 5.69 Å². The second-order valence-corrected chi connectivity index (χ2v) is 5.64. The van der Waals surface area contributed by atoms with Crippen LogP contribution in [0.1, 0.15) is 26.3 Å². The normalized spacial score (nSPS) is 12.2. The van der Waals surface area contributed by atoms with Gasteiger partial charge in [-0.15, -0.1) is 0 Å². The van der Waals surface area contributed by atoms with Gasteiger partial charge in [-0.25, -0.2) is 4.79 Å². The molecule has 122 valence electrons. The molecule has 6 nitrogen and oxygen atoms in total. The van der Waals surface area contributed by atoms with E-state index in [9.17, 15) is 14.7 Å². The molecule has 0 radical (unpaired) electrons.